The fourth-order valence-electron chi connectivity index (χ4n) is 1.74. The summed E-state index contributed by atoms with van der Waals surface area (Å²) in [6.45, 7) is 9.71. The van der Waals surface area contributed by atoms with Crippen molar-refractivity contribution in [2.75, 3.05) is 19.8 Å². The second-order valence-electron chi connectivity index (χ2n) is 5.65. The molecule has 1 heterocycles. The summed E-state index contributed by atoms with van der Waals surface area (Å²) in [5.74, 6) is 0.882. The highest BCUT2D eigenvalue weighted by Gasteiger charge is 2.16. The van der Waals surface area contributed by atoms with E-state index in [4.69, 9.17) is 0 Å². The standard InChI is InChI=1S/C15H27N3S2.HI/c1-11(9-13-8-7-12(2)20-13)18-14(16-5)17-10-15(3,4)19-6;/h7-8,11H,9-10H2,1-6H3,(H2,16,17,18);1H. The number of halogens is 1. The molecule has 0 saturated carbocycles. The van der Waals surface area contributed by atoms with Crippen molar-refractivity contribution in [3.63, 3.8) is 0 Å². The van der Waals surface area contributed by atoms with Crippen LogP contribution in [0.4, 0.5) is 0 Å². The van der Waals surface area contributed by atoms with Gasteiger partial charge < -0.3 is 10.6 Å². The maximum absolute atomic E-state index is 4.30. The molecular weight excluding hydrogens is 413 g/mol. The molecular formula is C15H28IN3S2. The molecule has 0 saturated heterocycles. The van der Waals surface area contributed by atoms with Crippen molar-refractivity contribution in [2.45, 2.75) is 44.9 Å². The summed E-state index contributed by atoms with van der Waals surface area (Å²) < 4.78 is 0.214. The molecule has 1 aromatic heterocycles. The van der Waals surface area contributed by atoms with Gasteiger partial charge in [0, 0.05) is 40.6 Å². The average Bonchev–Trinajstić information content (AvgIpc) is 2.79. The molecule has 2 N–H and O–H groups in total. The second-order valence-corrected chi connectivity index (χ2v) is 8.54. The zero-order valence-corrected chi connectivity index (χ0v) is 17.8. The quantitative estimate of drug-likeness (QED) is 0.399. The highest BCUT2D eigenvalue weighted by Crippen LogP contribution is 2.19. The number of aryl methyl sites for hydroxylation is 1. The molecule has 1 rings (SSSR count). The minimum absolute atomic E-state index is 0. The Labute approximate surface area is 154 Å². The van der Waals surface area contributed by atoms with Crippen LogP contribution in [0, 0.1) is 6.92 Å². The predicted octanol–water partition coefficient (Wildman–Crippen LogP) is 3.91. The van der Waals surface area contributed by atoms with Crippen molar-refractivity contribution < 1.29 is 0 Å². The van der Waals surface area contributed by atoms with E-state index < -0.39 is 0 Å². The molecule has 0 aliphatic rings. The fourth-order valence-corrected chi connectivity index (χ4v) is 2.98. The number of thioether (sulfide) groups is 1. The van der Waals surface area contributed by atoms with Gasteiger partial charge in [0.15, 0.2) is 5.96 Å². The Morgan fingerprint density at radius 1 is 1.43 bits per heavy atom. The van der Waals surface area contributed by atoms with Gasteiger partial charge in [0.2, 0.25) is 0 Å². The number of nitrogens with zero attached hydrogens (tertiary/aromatic N) is 1. The minimum Gasteiger partial charge on any atom is -0.355 e. The molecule has 1 atom stereocenters. The Balaban J connectivity index is 0.00000400. The monoisotopic (exact) mass is 441 g/mol. The molecule has 0 aliphatic carbocycles. The van der Waals surface area contributed by atoms with Crippen LogP contribution in [0.5, 0.6) is 0 Å². The van der Waals surface area contributed by atoms with Crippen LogP contribution in [0.2, 0.25) is 0 Å². The van der Waals surface area contributed by atoms with Crippen LogP contribution in [0.25, 0.3) is 0 Å². The number of hydrogen-bond donors (Lipinski definition) is 2. The van der Waals surface area contributed by atoms with Gasteiger partial charge in [-0.25, -0.2) is 0 Å². The second kappa shape index (κ2) is 9.94. The normalized spacial score (nSPS) is 13.5. The van der Waals surface area contributed by atoms with E-state index in [-0.39, 0.29) is 28.7 Å². The van der Waals surface area contributed by atoms with Crippen LogP contribution in [-0.4, -0.2) is 36.6 Å². The molecule has 122 valence electrons. The molecule has 0 spiro atoms. The van der Waals surface area contributed by atoms with E-state index in [9.17, 15) is 0 Å². The first-order valence-corrected chi connectivity index (χ1v) is 8.98. The maximum Gasteiger partial charge on any atom is 0.191 e. The van der Waals surface area contributed by atoms with Gasteiger partial charge >= 0.3 is 0 Å². The summed E-state index contributed by atoms with van der Waals surface area (Å²) in [5.41, 5.74) is 0. The summed E-state index contributed by atoms with van der Waals surface area (Å²) in [7, 11) is 1.82. The van der Waals surface area contributed by atoms with Gasteiger partial charge in [0.1, 0.15) is 0 Å². The third-order valence-electron chi connectivity index (χ3n) is 3.14. The molecule has 3 nitrogen and oxygen atoms in total. The first-order valence-electron chi connectivity index (χ1n) is 6.94. The SMILES string of the molecule is CN=C(NCC(C)(C)SC)NC(C)Cc1ccc(C)s1.I. The molecule has 21 heavy (non-hydrogen) atoms. The lowest BCUT2D eigenvalue weighted by Crippen LogP contribution is -2.46. The number of rotatable bonds is 6. The van der Waals surface area contributed by atoms with Crippen molar-refractivity contribution in [1.82, 2.24) is 10.6 Å². The van der Waals surface area contributed by atoms with E-state index in [1.807, 2.05) is 30.1 Å². The zero-order chi connectivity index (χ0) is 15.2. The van der Waals surface area contributed by atoms with Gasteiger partial charge in [0.25, 0.3) is 0 Å². The molecule has 6 heteroatoms. The molecule has 0 aliphatic heterocycles. The van der Waals surface area contributed by atoms with Gasteiger partial charge in [-0.05, 0) is 46.1 Å². The lowest BCUT2D eigenvalue weighted by molar-refractivity contribution is 0.621. The van der Waals surface area contributed by atoms with E-state index in [1.165, 1.54) is 9.75 Å². The van der Waals surface area contributed by atoms with Crippen LogP contribution in [0.15, 0.2) is 17.1 Å². The predicted molar refractivity (Wildman–Crippen MR) is 110 cm³/mol. The summed E-state index contributed by atoms with van der Waals surface area (Å²) in [5, 5.41) is 6.86. The van der Waals surface area contributed by atoms with E-state index in [0.717, 1.165) is 18.9 Å². The van der Waals surface area contributed by atoms with Crippen molar-refractivity contribution in [3.8, 4) is 0 Å². The van der Waals surface area contributed by atoms with Gasteiger partial charge in [-0.1, -0.05) is 0 Å². The van der Waals surface area contributed by atoms with Crippen molar-refractivity contribution in [3.05, 3.63) is 21.9 Å². The molecule has 0 radical (unpaired) electrons. The van der Waals surface area contributed by atoms with Gasteiger partial charge in [-0.2, -0.15) is 11.8 Å². The Morgan fingerprint density at radius 3 is 2.57 bits per heavy atom. The van der Waals surface area contributed by atoms with Crippen molar-refractivity contribution in [1.29, 1.82) is 0 Å². The highest BCUT2D eigenvalue weighted by molar-refractivity contribution is 14.0. The van der Waals surface area contributed by atoms with Crippen LogP contribution in [0.1, 0.15) is 30.5 Å². The van der Waals surface area contributed by atoms with Gasteiger partial charge in [-0.3, -0.25) is 4.99 Å². The minimum atomic E-state index is 0. The topological polar surface area (TPSA) is 36.4 Å². The number of thiophene rings is 1. The number of nitrogens with one attached hydrogen (secondary N) is 2. The fraction of sp³-hybridized carbons (Fsp3) is 0.667. The number of aliphatic imine (C=N–C) groups is 1. The summed E-state index contributed by atoms with van der Waals surface area (Å²) in [6.07, 6.45) is 3.17. The van der Waals surface area contributed by atoms with E-state index in [2.05, 4.69) is 61.7 Å². The molecule has 1 unspecified atom stereocenters. The van der Waals surface area contributed by atoms with E-state index >= 15 is 0 Å². The third-order valence-corrected chi connectivity index (χ3v) is 5.42. The number of hydrogen-bond acceptors (Lipinski definition) is 3. The lowest BCUT2D eigenvalue weighted by Gasteiger charge is -2.25. The Hall–Kier alpha value is 0.0500. The summed E-state index contributed by atoms with van der Waals surface area (Å²) in [4.78, 5) is 7.09. The molecule has 1 aromatic rings. The Kier molecular flexibility index (Phi) is 9.97. The smallest absolute Gasteiger partial charge is 0.191 e. The molecule has 0 amide bonds. The van der Waals surface area contributed by atoms with Crippen molar-refractivity contribution >= 4 is 53.0 Å². The van der Waals surface area contributed by atoms with E-state index in [1.54, 1.807) is 0 Å². The first-order chi connectivity index (χ1) is 9.36. The van der Waals surface area contributed by atoms with Crippen molar-refractivity contribution in [2.24, 2.45) is 4.99 Å². The van der Waals surface area contributed by atoms with Gasteiger partial charge in [-0.15, -0.1) is 35.3 Å². The Morgan fingerprint density at radius 2 is 2.10 bits per heavy atom. The lowest BCUT2D eigenvalue weighted by atomic mass is 10.2. The summed E-state index contributed by atoms with van der Waals surface area (Å²) >= 11 is 3.73. The van der Waals surface area contributed by atoms with Crippen LogP contribution >= 0.6 is 47.1 Å². The molecule has 0 fully saturated rings. The van der Waals surface area contributed by atoms with Crippen LogP contribution in [0.3, 0.4) is 0 Å². The average molecular weight is 441 g/mol. The number of guanidine groups is 1. The van der Waals surface area contributed by atoms with Gasteiger partial charge in [0.05, 0.1) is 0 Å². The maximum atomic E-state index is 4.30. The largest absolute Gasteiger partial charge is 0.355 e. The van der Waals surface area contributed by atoms with Crippen LogP contribution < -0.4 is 10.6 Å². The van der Waals surface area contributed by atoms with Crippen LogP contribution in [-0.2, 0) is 6.42 Å². The highest BCUT2D eigenvalue weighted by atomic mass is 127. The molecule has 0 bridgehead atoms. The zero-order valence-electron chi connectivity index (χ0n) is 13.8. The third kappa shape index (κ3) is 8.30. The molecule has 0 aromatic carbocycles. The Bertz CT molecular complexity index is 444. The summed E-state index contributed by atoms with van der Waals surface area (Å²) in [6, 6.07) is 4.77. The van der Waals surface area contributed by atoms with E-state index in [0.29, 0.717) is 6.04 Å². The first kappa shape index (κ1) is 21.0.